The molecule has 0 saturated heterocycles. The normalized spacial score (nSPS) is 17.0. The Hall–Kier alpha value is -1.23. The van der Waals surface area contributed by atoms with E-state index >= 15 is 0 Å². The summed E-state index contributed by atoms with van der Waals surface area (Å²) in [5.74, 6) is 0. The van der Waals surface area contributed by atoms with E-state index in [1.165, 1.54) is 0 Å². The van der Waals surface area contributed by atoms with Gasteiger partial charge in [0.1, 0.15) is 0 Å². The summed E-state index contributed by atoms with van der Waals surface area (Å²) in [6, 6.07) is 3.65. The molecule has 18 heavy (non-hydrogen) atoms. The van der Waals surface area contributed by atoms with E-state index in [0.717, 1.165) is 36.8 Å². The molecular weight excluding hydrogens is 248 g/mol. The molecule has 1 aliphatic rings. The molecule has 1 aromatic carbocycles. The van der Waals surface area contributed by atoms with Crippen LogP contribution in [-0.2, 0) is 10.0 Å². The van der Waals surface area contributed by atoms with Crippen LogP contribution in [0.2, 0.25) is 0 Å². The summed E-state index contributed by atoms with van der Waals surface area (Å²) >= 11 is 0. The van der Waals surface area contributed by atoms with Crippen molar-refractivity contribution in [3.8, 4) is 0 Å². The monoisotopic (exact) mass is 268 g/mol. The zero-order chi connectivity index (χ0) is 13.3. The molecule has 0 bridgehead atoms. The molecule has 0 radical (unpaired) electrons. The molecule has 3 N–H and O–H groups in total. The number of benzene rings is 1. The zero-order valence-corrected chi connectivity index (χ0v) is 11.7. The van der Waals surface area contributed by atoms with E-state index in [-0.39, 0.29) is 5.25 Å². The Morgan fingerprint density at radius 1 is 1.22 bits per heavy atom. The van der Waals surface area contributed by atoms with Crippen LogP contribution in [0.25, 0.3) is 0 Å². The van der Waals surface area contributed by atoms with Crippen molar-refractivity contribution in [3.63, 3.8) is 0 Å². The van der Waals surface area contributed by atoms with Gasteiger partial charge in [-0.05, 0) is 43.9 Å². The first-order valence-corrected chi connectivity index (χ1v) is 7.84. The second-order valence-corrected chi connectivity index (χ2v) is 6.99. The maximum absolute atomic E-state index is 12.3. The summed E-state index contributed by atoms with van der Waals surface area (Å²) in [6.07, 6.45) is 3.52. The minimum atomic E-state index is -3.28. The first kappa shape index (κ1) is 13.2. The number of hydrogen-bond acceptors (Lipinski definition) is 3. The molecule has 0 atom stereocenters. The zero-order valence-electron chi connectivity index (χ0n) is 10.9. The third kappa shape index (κ3) is 2.46. The number of nitrogens with two attached hydrogens (primary N) is 1. The van der Waals surface area contributed by atoms with Gasteiger partial charge in [-0.2, -0.15) is 0 Å². The number of anilines is 2. The van der Waals surface area contributed by atoms with E-state index in [1.807, 2.05) is 19.9 Å². The second-order valence-electron chi connectivity index (χ2n) is 5.03. The van der Waals surface area contributed by atoms with Crippen molar-refractivity contribution in [1.29, 1.82) is 0 Å². The van der Waals surface area contributed by atoms with E-state index < -0.39 is 10.0 Å². The number of sulfonamides is 1. The molecule has 1 saturated carbocycles. The summed E-state index contributed by atoms with van der Waals surface area (Å²) in [4.78, 5) is 0. The summed E-state index contributed by atoms with van der Waals surface area (Å²) in [7, 11) is -3.28. The van der Waals surface area contributed by atoms with Gasteiger partial charge in [-0.15, -0.1) is 0 Å². The van der Waals surface area contributed by atoms with Crippen LogP contribution in [0.4, 0.5) is 11.4 Å². The minimum absolute atomic E-state index is 0.252. The fraction of sp³-hybridized carbons (Fsp3) is 0.538. The Kier molecular flexibility index (Phi) is 3.52. The van der Waals surface area contributed by atoms with E-state index in [4.69, 9.17) is 5.73 Å². The van der Waals surface area contributed by atoms with Crippen LogP contribution in [0.15, 0.2) is 12.1 Å². The van der Waals surface area contributed by atoms with Gasteiger partial charge in [0.05, 0.1) is 10.9 Å². The lowest BCUT2D eigenvalue weighted by atomic mass is 10.1. The number of rotatable bonds is 3. The lowest BCUT2D eigenvalue weighted by Gasteiger charge is -2.17. The molecule has 2 rings (SSSR count). The summed E-state index contributed by atoms with van der Waals surface area (Å²) < 4.78 is 27.3. The van der Waals surface area contributed by atoms with Crippen LogP contribution in [0.1, 0.15) is 36.8 Å². The molecule has 0 amide bonds. The molecule has 0 unspecified atom stereocenters. The molecular formula is C13H20N2O2S. The van der Waals surface area contributed by atoms with Crippen molar-refractivity contribution in [1.82, 2.24) is 0 Å². The lowest BCUT2D eigenvalue weighted by Crippen LogP contribution is -2.26. The van der Waals surface area contributed by atoms with Gasteiger partial charge < -0.3 is 5.73 Å². The Balaban J connectivity index is 2.31. The van der Waals surface area contributed by atoms with E-state index in [9.17, 15) is 8.42 Å². The average Bonchev–Trinajstić information content (AvgIpc) is 2.84. The van der Waals surface area contributed by atoms with Crippen molar-refractivity contribution in [2.45, 2.75) is 44.8 Å². The van der Waals surface area contributed by atoms with Gasteiger partial charge >= 0.3 is 0 Å². The van der Waals surface area contributed by atoms with Gasteiger partial charge in [0.15, 0.2) is 0 Å². The Labute approximate surface area is 109 Å². The molecule has 0 spiro atoms. The van der Waals surface area contributed by atoms with Crippen LogP contribution >= 0.6 is 0 Å². The number of nitrogen functional groups attached to an aromatic ring is 1. The molecule has 100 valence electrons. The second kappa shape index (κ2) is 4.80. The van der Waals surface area contributed by atoms with Crippen molar-refractivity contribution >= 4 is 21.4 Å². The summed E-state index contributed by atoms with van der Waals surface area (Å²) in [6.45, 7) is 3.73. The largest absolute Gasteiger partial charge is 0.398 e. The fourth-order valence-corrected chi connectivity index (χ4v) is 4.16. The highest BCUT2D eigenvalue weighted by Crippen LogP contribution is 2.30. The van der Waals surface area contributed by atoms with Gasteiger partial charge in [0.25, 0.3) is 0 Å². The minimum Gasteiger partial charge on any atom is -0.398 e. The van der Waals surface area contributed by atoms with Gasteiger partial charge in [-0.3, -0.25) is 4.72 Å². The van der Waals surface area contributed by atoms with Crippen molar-refractivity contribution in [2.75, 3.05) is 10.5 Å². The predicted molar refractivity (Wildman–Crippen MR) is 75.1 cm³/mol. The Morgan fingerprint density at radius 2 is 1.83 bits per heavy atom. The maximum atomic E-state index is 12.3. The average molecular weight is 268 g/mol. The SMILES string of the molecule is Cc1ccc(N)c(C)c1NS(=O)(=O)C1CCCC1. The smallest absolute Gasteiger partial charge is 0.235 e. The molecule has 1 aliphatic carbocycles. The van der Waals surface area contributed by atoms with Crippen molar-refractivity contribution in [3.05, 3.63) is 23.3 Å². The van der Waals surface area contributed by atoms with Gasteiger partial charge in [-0.1, -0.05) is 18.9 Å². The fourth-order valence-electron chi connectivity index (χ4n) is 2.44. The first-order chi connectivity index (χ1) is 8.42. The summed E-state index contributed by atoms with van der Waals surface area (Å²) in [5.41, 5.74) is 8.79. The van der Waals surface area contributed by atoms with Crippen molar-refractivity contribution < 1.29 is 8.42 Å². The number of aryl methyl sites for hydroxylation is 1. The highest BCUT2D eigenvalue weighted by molar-refractivity contribution is 7.93. The van der Waals surface area contributed by atoms with Gasteiger partial charge in [0, 0.05) is 5.69 Å². The van der Waals surface area contributed by atoms with Crippen molar-refractivity contribution in [2.24, 2.45) is 0 Å². The molecule has 4 nitrogen and oxygen atoms in total. The first-order valence-electron chi connectivity index (χ1n) is 6.29. The lowest BCUT2D eigenvalue weighted by molar-refractivity contribution is 0.585. The molecule has 1 aromatic rings. The summed E-state index contributed by atoms with van der Waals surface area (Å²) in [5, 5.41) is -0.252. The standard InChI is InChI=1S/C13H20N2O2S/c1-9-7-8-12(14)10(2)13(9)15-18(16,17)11-5-3-4-6-11/h7-8,11,15H,3-6,14H2,1-2H3. The molecule has 0 heterocycles. The van der Waals surface area contributed by atoms with E-state index in [2.05, 4.69) is 4.72 Å². The molecule has 0 aliphatic heterocycles. The highest BCUT2D eigenvalue weighted by Gasteiger charge is 2.29. The van der Waals surface area contributed by atoms with Gasteiger partial charge in [0.2, 0.25) is 10.0 Å². The molecule has 0 aromatic heterocycles. The third-order valence-corrected chi connectivity index (χ3v) is 5.54. The van der Waals surface area contributed by atoms with Crippen LogP contribution in [0, 0.1) is 13.8 Å². The Morgan fingerprint density at radius 3 is 2.44 bits per heavy atom. The number of nitrogens with one attached hydrogen (secondary N) is 1. The topological polar surface area (TPSA) is 72.2 Å². The number of hydrogen-bond donors (Lipinski definition) is 2. The van der Waals surface area contributed by atoms with Crippen LogP contribution < -0.4 is 10.5 Å². The van der Waals surface area contributed by atoms with E-state index in [1.54, 1.807) is 6.07 Å². The van der Waals surface area contributed by atoms with Crippen LogP contribution in [0.5, 0.6) is 0 Å². The Bertz CT molecular complexity index is 546. The predicted octanol–water partition coefficient (Wildman–Crippen LogP) is 2.57. The van der Waals surface area contributed by atoms with Gasteiger partial charge in [-0.25, -0.2) is 8.42 Å². The quantitative estimate of drug-likeness (QED) is 0.828. The third-order valence-electron chi connectivity index (χ3n) is 3.70. The molecule has 1 fully saturated rings. The highest BCUT2D eigenvalue weighted by atomic mass is 32.2. The molecule has 5 heteroatoms. The van der Waals surface area contributed by atoms with Crippen LogP contribution in [0.3, 0.4) is 0 Å². The van der Waals surface area contributed by atoms with Crippen LogP contribution in [-0.4, -0.2) is 13.7 Å². The van der Waals surface area contributed by atoms with E-state index in [0.29, 0.717) is 11.4 Å². The maximum Gasteiger partial charge on any atom is 0.235 e.